The molecule has 0 bridgehead atoms. The van der Waals surface area contributed by atoms with Crippen molar-refractivity contribution in [2.24, 2.45) is 0 Å². The van der Waals surface area contributed by atoms with Gasteiger partial charge < -0.3 is 9.80 Å². The Labute approximate surface area is 170 Å². The Bertz CT molecular complexity index is 1060. The van der Waals surface area contributed by atoms with E-state index in [2.05, 4.69) is 40.1 Å². The van der Waals surface area contributed by atoms with E-state index in [-0.39, 0.29) is 0 Å². The van der Waals surface area contributed by atoms with E-state index in [4.69, 9.17) is 17.2 Å². The number of aryl methyl sites for hydroxylation is 1. The van der Waals surface area contributed by atoms with Crippen LogP contribution < -0.4 is 9.80 Å². The monoisotopic (exact) mass is 387 g/mol. The van der Waals surface area contributed by atoms with Crippen LogP contribution in [0.25, 0.3) is 5.69 Å². The number of nitrogens with zero attached hydrogens (tertiary/aromatic N) is 5. The average molecular weight is 388 g/mol. The van der Waals surface area contributed by atoms with Crippen LogP contribution in [0.3, 0.4) is 0 Å². The quantitative estimate of drug-likeness (QED) is 0.633. The van der Waals surface area contributed by atoms with Crippen LogP contribution in [0, 0.1) is 22.9 Å². The molecule has 28 heavy (non-hydrogen) atoms. The third-order valence-electron chi connectivity index (χ3n) is 5.06. The van der Waals surface area contributed by atoms with E-state index in [0.29, 0.717) is 16.0 Å². The fourth-order valence-electron chi connectivity index (χ4n) is 3.64. The van der Waals surface area contributed by atoms with E-state index in [1.807, 2.05) is 47.9 Å². The molecule has 3 aromatic rings. The Morgan fingerprint density at radius 1 is 0.857 bits per heavy atom. The second-order valence-electron chi connectivity index (χ2n) is 6.76. The van der Waals surface area contributed by atoms with Gasteiger partial charge in [-0.25, -0.2) is 4.98 Å². The maximum Gasteiger partial charge on any atom is 0.151 e. The van der Waals surface area contributed by atoms with Crippen molar-refractivity contribution in [1.82, 2.24) is 9.55 Å². The van der Waals surface area contributed by atoms with E-state index in [1.54, 1.807) is 0 Å². The lowest BCUT2D eigenvalue weighted by molar-refractivity contribution is 0.643. The summed E-state index contributed by atoms with van der Waals surface area (Å²) >= 11 is 5.68. The van der Waals surface area contributed by atoms with Gasteiger partial charge in [0.05, 0.1) is 0 Å². The number of benzene rings is 2. The molecule has 4 rings (SSSR count). The van der Waals surface area contributed by atoms with Crippen LogP contribution in [0.1, 0.15) is 11.4 Å². The van der Waals surface area contributed by atoms with Gasteiger partial charge >= 0.3 is 0 Å². The summed E-state index contributed by atoms with van der Waals surface area (Å²) in [7, 11) is 0. The van der Waals surface area contributed by atoms with Gasteiger partial charge in [0.15, 0.2) is 5.82 Å². The molecule has 0 saturated carbocycles. The van der Waals surface area contributed by atoms with Crippen LogP contribution in [-0.4, -0.2) is 35.7 Å². The van der Waals surface area contributed by atoms with Crippen molar-refractivity contribution in [3.63, 3.8) is 0 Å². The van der Waals surface area contributed by atoms with Crippen LogP contribution >= 0.6 is 12.2 Å². The fourth-order valence-corrected chi connectivity index (χ4v) is 4.01. The predicted octanol–water partition coefficient (Wildman–Crippen LogP) is 4.11. The molecular formula is C22H21N5S. The summed E-state index contributed by atoms with van der Waals surface area (Å²) in [6.45, 7) is 5.32. The molecule has 1 aromatic heterocycles. The number of aromatic nitrogens is 2. The summed E-state index contributed by atoms with van der Waals surface area (Å²) in [6.07, 6.45) is 0. The van der Waals surface area contributed by atoms with E-state index in [9.17, 15) is 5.26 Å². The van der Waals surface area contributed by atoms with Gasteiger partial charge in [0.2, 0.25) is 0 Å². The third kappa shape index (κ3) is 3.37. The van der Waals surface area contributed by atoms with Crippen molar-refractivity contribution in [2.45, 2.75) is 6.92 Å². The van der Waals surface area contributed by atoms with Crippen LogP contribution in [-0.2, 0) is 0 Å². The zero-order valence-electron chi connectivity index (χ0n) is 15.7. The normalized spacial score (nSPS) is 14.0. The smallest absolute Gasteiger partial charge is 0.151 e. The summed E-state index contributed by atoms with van der Waals surface area (Å²) in [6, 6.07) is 22.5. The highest BCUT2D eigenvalue weighted by atomic mass is 32.1. The molecule has 1 aliphatic heterocycles. The molecule has 0 unspecified atom stereocenters. The van der Waals surface area contributed by atoms with E-state index in [1.165, 1.54) is 5.69 Å². The molecule has 0 spiro atoms. The molecule has 5 nitrogen and oxygen atoms in total. The fraction of sp³-hybridized carbons (Fsp3) is 0.227. The summed E-state index contributed by atoms with van der Waals surface area (Å²) in [4.78, 5) is 9.32. The zero-order valence-corrected chi connectivity index (χ0v) is 16.6. The molecule has 0 radical (unpaired) electrons. The minimum Gasteiger partial charge on any atom is -0.368 e. The molecule has 1 aliphatic rings. The first-order valence-corrected chi connectivity index (χ1v) is 9.74. The van der Waals surface area contributed by atoms with E-state index in [0.717, 1.165) is 37.7 Å². The number of nitriles is 1. The number of rotatable bonds is 3. The molecule has 140 valence electrons. The molecule has 2 heterocycles. The van der Waals surface area contributed by atoms with Crippen LogP contribution in [0.4, 0.5) is 11.5 Å². The lowest BCUT2D eigenvalue weighted by Gasteiger charge is -2.37. The van der Waals surface area contributed by atoms with Gasteiger partial charge in [-0.2, -0.15) is 5.26 Å². The SMILES string of the molecule is Cc1nc(N2CCN(c3ccccc3)CC2)c(C#N)c(=S)n1-c1ccccc1. The van der Waals surface area contributed by atoms with Crippen molar-refractivity contribution < 1.29 is 0 Å². The Morgan fingerprint density at radius 2 is 1.39 bits per heavy atom. The predicted molar refractivity (Wildman–Crippen MR) is 115 cm³/mol. The largest absolute Gasteiger partial charge is 0.368 e. The summed E-state index contributed by atoms with van der Waals surface area (Å²) < 4.78 is 2.39. The summed E-state index contributed by atoms with van der Waals surface area (Å²) in [5.41, 5.74) is 2.62. The molecule has 0 aliphatic carbocycles. The minimum absolute atomic E-state index is 0.470. The molecule has 6 heteroatoms. The number of anilines is 2. The lowest BCUT2D eigenvalue weighted by atomic mass is 10.2. The molecule has 0 atom stereocenters. The Balaban J connectivity index is 1.65. The number of piperazine rings is 1. The molecule has 0 N–H and O–H groups in total. The van der Waals surface area contributed by atoms with Crippen molar-refractivity contribution in [2.75, 3.05) is 36.0 Å². The maximum absolute atomic E-state index is 9.82. The van der Waals surface area contributed by atoms with Gasteiger partial charge in [-0.15, -0.1) is 0 Å². The van der Waals surface area contributed by atoms with Gasteiger partial charge in [-0.1, -0.05) is 48.6 Å². The van der Waals surface area contributed by atoms with Crippen LogP contribution in [0.5, 0.6) is 0 Å². The molecule has 1 fully saturated rings. The first-order valence-electron chi connectivity index (χ1n) is 9.33. The average Bonchev–Trinajstić information content (AvgIpc) is 2.75. The highest BCUT2D eigenvalue weighted by Gasteiger charge is 2.23. The van der Waals surface area contributed by atoms with Crippen LogP contribution in [0.15, 0.2) is 60.7 Å². The minimum atomic E-state index is 0.470. The van der Waals surface area contributed by atoms with Crippen molar-refractivity contribution in [3.05, 3.63) is 76.7 Å². The Hall–Kier alpha value is -3.17. The second kappa shape index (κ2) is 7.83. The molecule has 1 saturated heterocycles. The van der Waals surface area contributed by atoms with Crippen molar-refractivity contribution in [1.29, 1.82) is 5.26 Å². The highest BCUT2D eigenvalue weighted by molar-refractivity contribution is 7.71. The summed E-state index contributed by atoms with van der Waals surface area (Å²) in [5, 5.41) is 9.82. The van der Waals surface area contributed by atoms with E-state index >= 15 is 0 Å². The molecular weight excluding hydrogens is 366 g/mol. The van der Waals surface area contributed by atoms with Gasteiger partial charge in [-0.05, 0) is 31.2 Å². The van der Waals surface area contributed by atoms with Crippen molar-refractivity contribution >= 4 is 23.7 Å². The maximum atomic E-state index is 9.82. The number of para-hydroxylation sites is 2. The van der Waals surface area contributed by atoms with Crippen LogP contribution in [0.2, 0.25) is 0 Å². The first kappa shape index (κ1) is 18.2. The van der Waals surface area contributed by atoms with Gasteiger partial charge in [0.1, 0.15) is 22.1 Å². The van der Waals surface area contributed by atoms with Gasteiger partial charge in [-0.3, -0.25) is 4.57 Å². The van der Waals surface area contributed by atoms with Gasteiger partial charge in [0.25, 0.3) is 0 Å². The number of hydrogen-bond acceptors (Lipinski definition) is 5. The lowest BCUT2D eigenvalue weighted by Crippen LogP contribution is -2.47. The van der Waals surface area contributed by atoms with E-state index < -0.39 is 0 Å². The molecule has 0 amide bonds. The topological polar surface area (TPSA) is 48.1 Å². The second-order valence-corrected chi connectivity index (χ2v) is 7.14. The first-order chi connectivity index (χ1) is 13.7. The van der Waals surface area contributed by atoms with Crippen molar-refractivity contribution in [3.8, 4) is 11.8 Å². The highest BCUT2D eigenvalue weighted by Crippen LogP contribution is 2.25. The summed E-state index contributed by atoms with van der Waals surface area (Å²) in [5.74, 6) is 1.49. The number of hydrogen-bond donors (Lipinski definition) is 0. The Morgan fingerprint density at radius 3 is 1.96 bits per heavy atom. The molecule has 2 aromatic carbocycles. The third-order valence-corrected chi connectivity index (χ3v) is 5.45. The standard InChI is InChI=1S/C22H21N5S/c1-17-24-21(20(16-23)22(28)27(17)19-10-6-3-7-11-19)26-14-12-25(13-15-26)18-8-4-2-5-9-18/h2-11H,12-15H2,1H3. The van der Waals surface area contributed by atoms with Gasteiger partial charge in [0, 0.05) is 37.6 Å². The Kier molecular flexibility index (Phi) is 5.09. The zero-order chi connectivity index (χ0) is 19.5.